The maximum Gasteiger partial charge on any atom is 0.124 e. The Morgan fingerprint density at radius 3 is 2.81 bits per heavy atom. The molecule has 0 saturated carbocycles. The number of fused-ring (bicyclic) bond motifs is 1. The Balaban J connectivity index is 1.73. The number of rotatable bonds is 5. The molecule has 0 atom stereocenters. The molecule has 3 rings (SSSR count). The maximum absolute atomic E-state index is 5.94. The molecule has 1 aliphatic rings. The fourth-order valence-corrected chi connectivity index (χ4v) is 3.01. The third kappa shape index (κ3) is 3.21. The van der Waals surface area contributed by atoms with E-state index in [0.717, 1.165) is 43.3 Å². The summed E-state index contributed by atoms with van der Waals surface area (Å²) in [7, 11) is 0. The molecule has 0 unspecified atom stereocenters. The third-order valence-corrected chi connectivity index (χ3v) is 4.14. The van der Waals surface area contributed by atoms with Crippen LogP contribution in [0, 0.1) is 6.92 Å². The van der Waals surface area contributed by atoms with Gasteiger partial charge in [0.1, 0.15) is 17.3 Å². The van der Waals surface area contributed by atoms with Crippen molar-refractivity contribution in [3.8, 4) is 0 Å². The van der Waals surface area contributed by atoms with Gasteiger partial charge in [-0.25, -0.2) is 4.98 Å². The average Bonchev–Trinajstić information content (AvgIpc) is 3.02. The Morgan fingerprint density at radius 2 is 2.00 bits per heavy atom. The number of aryl methyl sites for hydroxylation is 2. The second-order valence-corrected chi connectivity index (χ2v) is 6.25. The van der Waals surface area contributed by atoms with Crippen LogP contribution in [-0.2, 0) is 25.9 Å². The molecule has 1 aliphatic carbocycles. The van der Waals surface area contributed by atoms with Crippen molar-refractivity contribution in [2.24, 2.45) is 0 Å². The molecule has 1 N–H and O–H groups in total. The lowest BCUT2D eigenvalue weighted by atomic mass is 10.0. The van der Waals surface area contributed by atoms with E-state index in [9.17, 15) is 0 Å². The van der Waals surface area contributed by atoms with Gasteiger partial charge >= 0.3 is 0 Å². The second-order valence-electron chi connectivity index (χ2n) is 6.25. The Bertz CT molecular complexity index is 610. The van der Waals surface area contributed by atoms with Gasteiger partial charge in [0.2, 0.25) is 0 Å². The lowest BCUT2D eigenvalue weighted by molar-refractivity contribution is 0.423. The minimum absolute atomic E-state index is 0.474. The van der Waals surface area contributed by atoms with Gasteiger partial charge in [0.05, 0.1) is 18.8 Å². The molecule has 0 spiro atoms. The van der Waals surface area contributed by atoms with Crippen LogP contribution in [0.1, 0.15) is 55.4 Å². The summed E-state index contributed by atoms with van der Waals surface area (Å²) in [5.41, 5.74) is 2.71. The van der Waals surface area contributed by atoms with Crippen LogP contribution < -0.4 is 5.32 Å². The molecule has 2 aromatic heterocycles. The first-order valence-electron chi connectivity index (χ1n) is 7.99. The first kappa shape index (κ1) is 14.4. The lowest BCUT2D eigenvalue weighted by Crippen LogP contribution is -2.21. The Hall–Kier alpha value is -1.55. The highest BCUT2D eigenvalue weighted by Crippen LogP contribution is 2.23. The zero-order valence-corrected chi connectivity index (χ0v) is 13.3. The van der Waals surface area contributed by atoms with Gasteiger partial charge in [0, 0.05) is 11.7 Å². The molecule has 4 nitrogen and oxygen atoms in total. The minimum atomic E-state index is 0.474. The summed E-state index contributed by atoms with van der Waals surface area (Å²) >= 11 is 0. The molecule has 0 radical (unpaired) electrons. The minimum Gasteiger partial charge on any atom is -0.463 e. The van der Waals surface area contributed by atoms with E-state index in [2.05, 4.69) is 42.8 Å². The van der Waals surface area contributed by atoms with Crippen molar-refractivity contribution in [1.29, 1.82) is 0 Å². The smallest absolute Gasteiger partial charge is 0.124 e. The summed E-state index contributed by atoms with van der Waals surface area (Å²) < 4.78 is 8.27. The van der Waals surface area contributed by atoms with Gasteiger partial charge in [-0.05, 0) is 44.7 Å². The molecule has 0 bridgehead atoms. The summed E-state index contributed by atoms with van der Waals surface area (Å²) in [5.74, 6) is 3.13. The van der Waals surface area contributed by atoms with Gasteiger partial charge in [-0.15, -0.1) is 0 Å². The van der Waals surface area contributed by atoms with Crippen molar-refractivity contribution in [2.45, 2.75) is 65.6 Å². The Morgan fingerprint density at radius 1 is 1.24 bits per heavy atom. The average molecular weight is 287 g/mol. The van der Waals surface area contributed by atoms with Gasteiger partial charge < -0.3 is 14.3 Å². The zero-order chi connectivity index (χ0) is 14.8. The van der Waals surface area contributed by atoms with Crippen molar-refractivity contribution in [2.75, 3.05) is 0 Å². The van der Waals surface area contributed by atoms with E-state index in [4.69, 9.17) is 9.40 Å². The molecule has 21 heavy (non-hydrogen) atoms. The summed E-state index contributed by atoms with van der Waals surface area (Å²) in [4.78, 5) is 4.72. The van der Waals surface area contributed by atoms with Gasteiger partial charge in [-0.3, -0.25) is 0 Å². The summed E-state index contributed by atoms with van der Waals surface area (Å²) in [6.45, 7) is 7.98. The van der Waals surface area contributed by atoms with Crippen LogP contribution in [0.25, 0.3) is 0 Å². The number of hydrogen-bond donors (Lipinski definition) is 1. The first-order valence-corrected chi connectivity index (χ1v) is 7.99. The number of nitrogens with zero attached hydrogens (tertiary/aromatic N) is 2. The number of imidazole rings is 1. The lowest BCUT2D eigenvalue weighted by Gasteiger charge is -2.13. The highest BCUT2D eigenvalue weighted by atomic mass is 16.3. The van der Waals surface area contributed by atoms with E-state index >= 15 is 0 Å². The second kappa shape index (κ2) is 6.06. The van der Waals surface area contributed by atoms with Crippen molar-refractivity contribution in [1.82, 2.24) is 14.9 Å². The van der Waals surface area contributed by atoms with Gasteiger partial charge in [-0.1, -0.05) is 13.8 Å². The van der Waals surface area contributed by atoms with Crippen LogP contribution in [0.15, 0.2) is 16.5 Å². The van der Waals surface area contributed by atoms with Gasteiger partial charge in [0.15, 0.2) is 0 Å². The number of furan rings is 1. The quantitative estimate of drug-likeness (QED) is 0.918. The number of hydrogen-bond acceptors (Lipinski definition) is 3. The van der Waals surface area contributed by atoms with Crippen molar-refractivity contribution in [3.05, 3.63) is 40.9 Å². The van der Waals surface area contributed by atoms with Crippen LogP contribution >= 0.6 is 0 Å². The van der Waals surface area contributed by atoms with Gasteiger partial charge in [0.25, 0.3) is 0 Å². The first-order chi connectivity index (χ1) is 10.1. The predicted molar refractivity (Wildman–Crippen MR) is 83.4 cm³/mol. The van der Waals surface area contributed by atoms with E-state index in [-0.39, 0.29) is 0 Å². The van der Waals surface area contributed by atoms with E-state index in [1.165, 1.54) is 24.2 Å². The monoisotopic (exact) mass is 287 g/mol. The van der Waals surface area contributed by atoms with Crippen LogP contribution in [0.2, 0.25) is 0 Å². The molecule has 2 heterocycles. The fraction of sp³-hybridized carbons (Fsp3) is 0.588. The van der Waals surface area contributed by atoms with Crippen molar-refractivity contribution < 1.29 is 4.42 Å². The predicted octanol–water partition coefficient (Wildman–Crippen LogP) is 3.21. The van der Waals surface area contributed by atoms with Crippen molar-refractivity contribution >= 4 is 0 Å². The SMILES string of the molecule is Cc1nc2c(n1Cc1ccc(CNC(C)C)o1)CCCC2. The van der Waals surface area contributed by atoms with Crippen LogP contribution in [-0.4, -0.2) is 15.6 Å². The molecule has 0 saturated heterocycles. The molecule has 2 aromatic rings. The maximum atomic E-state index is 5.94. The highest BCUT2D eigenvalue weighted by Gasteiger charge is 2.18. The number of aromatic nitrogens is 2. The standard InChI is InChI=1S/C17H25N3O/c1-12(2)18-10-14-8-9-15(21-14)11-20-13(3)19-16-6-4-5-7-17(16)20/h8-9,12,18H,4-7,10-11H2,1-3H3. The fourth-order valence-electron chi connectivity index (χ4n) is 3.01. The van der Waals surface area contributed by atoms with Gasteiger partial charge in [-0.2, -0.15) is 0 Å². The van der Waals surface area contributed by atoms with Crippen molar-refractivity contribution in [3.63, 3.8) is 0 Å². The van der Waals surface area contributed by atoms with Crippen LogP contribution in [0.3, 0.4) is 0 Å². The largest absolute Gasteiger partial charge is 0.463 e. The normalized spacial score (nSPS) is 14.7. The number of nitrogens with one attached hydrogen (secondary N) is 1. The van der Waals surface area contributed by atoms with Crippen LogP contribution in [0.5, 0.6) is 0 Å². The molecule has 0 amide bonds. The molecule has 0 aliphatic heterocycles. The molecule has 114 valence electrons. The molecular weight excluding hydrogens is 262 g/mol. The van der Waals surface area contributed by atoms with E-state index in [1.54, 1.807) is 0 Å². The highest BCUT2D eigenvalue weighted by molar-refractivity contribution is 5.21. The summed E-state index contributed by atoms with van der Waals surface area (Å²) in [6, 6.07) is 4.64. The summed E-state index contributed by atoms with van der Waals surface area (Å²) in [5, 5.41) is 3.38. The Kier molecular flexibility index (Phi) is 4.15. The summed E-state index contributed by atoms with van der Waals surface area (Å²) in [6.07, 6.45) is 4.83. The molecule has 0 fully saturated rings. The zero-order valence-electron chi connectivity index (χ0n) is 13.3. The molecular formula is C17H25N3O. The van der Waals surface area contributed by atoms with Crippen LogP contribution in [0.4, 0.5) is 0 Å². The topological polar surface area (TPSA) is 43.0 Å². The Labute approximate surface area is 126 Å². The molecule has 4 heteroatoms. The van der Waals surface area contributed by atoms with E-state index in [0.29, 0.717) is 6.04 Å². The van der Waals surface area contributed by atoms with E-state index in [1.807, 2.05) is 0 Å². The molecule has 0 aromatic carbocycles. The van der Waals surface area contributed by atoms with E-state index < -0.39 is 0 Å². The third-order valence-electron chi connectivity index (χ3n) is 4.14.